The van der Waals surface area contributed by atoms with Gasteiger partial charge in [-0.3, -0.25) is 19.8 Å². The molecule has 0 aliphatic carbocycles. The molecule has 7 nitrogen and oxygen atoms in total. The topological polar surface area (TPSA) is 110 Å². The zero-order chi connectivity index (χ0) is 14.9. The summed E-state index contributed by atoms with van der Waals surface area (Å²) in [6.07, 6.45) is 0.323. The SMILES string of the molecule is NC1(C(=O)O)CCN(Cc2ccc(Cl)cc2[N+](=O)[O-])C1. The van der Waals surface area contributed by atoms with Crippen LogP contribution in [0, 0.1) is 10.1 Å². The van der Waals surface area contributed by atoms with Crippen LogP contribution in [0.3, 0.4) is 0 Å². The number of aliphatic carboxylic acids is 1. The summed E-state index contributed by atoms with van der Waals surface area (Å²) in [5.74, 6) is -1.05. The standard InChI is InChI=1S/C12H14ClN3O4/c13-9-2-1-8(10(5-9)16(19)20)6-15-4-3-12(14,7-15)11(17)18/h1-2,5H,3-4,6-7,14H2,(H,17,18). The Labute approximate surface area is 120 Å². The van der Waals surface area contributed by atoms with Gasteiger partial charge in [-0.2, -0.15) is 0 Å². The van der Waals surface area contributed by atoms with E-state index in [0.717, 1.165) is 0 Å². The van der Waals surface area contributed by atoms with E-state index < -0.39 is 16.4 Å². The molecular formula is C12H14ClN3O4. The third kappa shape index (κ3) is 2.90. The summed E-state index contributed by atoms with van der Waals surface area (Å²) in [5, 5.41) is 20.3. The lowest BCUT2D eigenvalue weighted by atomic mass is 10.0. The molecule has 1 heterocycles. The van der Waals surface area contributed by atoms with Gasteiger partial charge >= 0.3 is 5.97 Å². The van der Waals surface area contributed by atoms with Gasteiger partial charge in [0, 0.05) is 36.3 Å². The van der Waals surface area contributed by atoms with Crippen molar-refractivity contribution in [3.8, 4) is 0 Å². The van der Waals surface area contributed by atoms with E-state index in [4.69, 9.17) is 22.4 Å². The molecule has 108 valence electrons. The summed E-state index contributed by atoms with van der Waals surface area (Å²) in [5.41, 5.74) is 4.92. The van der Waals surface area contributed by atoms with Crippen LogP contribution in [0.4, 0.5) is 5.69 Å². The summed E-state index contributed by atoms with van der Waals surface area (Å²) < 4.78 is 0. The first-order valence-corrected chi connectivity index (χ1v) is 6.37. The maximum atomic E-state index is 11.1. The highest BCUT2D eigenvalue weighted by molar-refractivity contribution is 6.30. The molecule has 1 saturated heterocycles. The molecule has 0 spiro atoms. The summed E-state index contributed by atoms with van der Waals surface area (Å²) >= 11 is 5.75. The predicted octanol–water partition coefficient (Wildman–Crippen LogP) is 1.24. The third-order valence-electron chi connectivity index (χ3n) is 3.44. The zero-order valence-electron chi connectivity index (χ0n) is 10.6. The number of carboxylic acid groups (broad SMARTS) is 1. The van der Waals surface area contributed by atoms with Gasteiger partial charge in [0.1, 0.15) is 5.54 Å². The van der Waals surface area contributed by atoms with Crippen LogP contribution in [-0.2, 0) is 11.3 Å². The van der Waals surface area contributed by atoms with Crippen molar-refractivity contribution >= 4 is 23.3 Å². The molecule has 1 atom stereocenters. The highest BCUT2D eigenvalue weighted by Gasteiger charge is 2.41. The van der Waals surface area contributed by atoms with Crippen LogP contribution in [0.15, 0.2) is 18.2 Å². The normalized spacial score (nSPS) is 22.9. The van der Waals surface area contributed by atoms with Crippen LogP contribution >= 0.6 is 11.6 Å². The molecule has 1 fully saturated rings. The van der Waals surface area contributed by atoms with Gasteiger partial charge in [0.2, 0.25) is 0 Å². The van der Waals surface area contributed by atoms with Crippen molar-refractivity contribution in [2.24, 2.45) is 5.73 Å². The quantitative estimate of drug-likeness (QED) is 0.639. The number of nitro benzene ring substituents is 1. The van der Waals surface area contributed by atoms with Gasteiger partial charge in [0.15, 0.2) is 0 Å². The number of hydrogen-bond acceptors (Lipinski definition) is 5. The highest BCUT2D eigenvalue weighted by Crippen LogP contribution is 2.27. The Hall–Kier alpha value is -1.70. The van der Waals surface area contributed by atoms with E-state index in [2.05, 4.69) is 0 Å². The van der Waals surface area contributed by atoms with Gasteiger partial charge in [-0.15, -0.1) is 0 Å². The molecule has 0 amide bonds. The summed E-state index contributed by atoms with van der Waals surface area (Å²) in [7, 11) is 0. The van der Waals surface area contributed by atoms with Gasteiger partial charge in [-0.05, 0) is 18.6 Å². The maximum Gasteiger partial charge on any atom is 0.325 e. The molecule has 1 aromatic rings. The number of halogens is 1. The summed E-state index contributed by atoms with van der Waals surface area (Å²) in [4.78, 5) is 23.4. The number of nitrogens with zero attached hydrogens (tertiary/aromatic N) is 2. The lowest BCUT2D eigenvalue weighted by molar-refractivity contribution is -0.385. The first kappa shape index (κ1) is 14.7. The number of benzene rings is 1. The van der Waals surface area contributed by atoms with E-state index in [-0.39, 0.29) is 18.8 Å². The van der Waals surface area contributed by atoms with Crippen LogP contribution in [0.25, 0.3) is 0 Å². The molecule has 1 aromatic carbocycles. The molecule has 20 heavy (non-hydrogen) atoms. The Kier molecular flexibility index (Phi) is 3.94. The number of nitro groups is 1. The smallest absolute Gasteiger partial charge is 0.325 e. The molecule has 1 unspecified atom stereocenters. The molecule has 1 aliphatic heterocycles. The van der Waals surface area contributed by atoms with Crippen molar-refractivity contribution in [3.05, 3.63) is 38.9 Å². The second-order valence-corrected chi connectivity index (χ2v) is 5.39. The molecule has 8 heteroatoms. The monoisotopic (exact) mass is 299 g/mol. The van der Waals surface area contributed by atoms with Crippen LogP contribution in [0.5, 0.6) is 0 Å². The number of nitrogens with two attached hydrogens (primary N) is 1. The van der Waals surface area contributed by atoms with Gasteiger partial charge in [-0.1, -0.05) is 11.6 Å². The van der Waals surface area contributed by atoms with E-state index in [9.17, 15) is 14.9 Å². The average Bonchev–Trinajstić information content (AvgIpc) is 2.74. The number of rotatable bonds is 4. The average molecular weight is 300 g/mol. The fourth-order valence-electron chi connectivity index (χ4n) is 2.31. The summed E-state index contributed by atoms with van der Waals surface area (Å²) in [6, 6.07) is 4.45. The Bertz CT molecular complexity index is 566. The van der Waals surface area contributed by atoms with E-state index in [0.29, 0.717) is 23.6 Å². The van der Waals surface area contributed by atoms with Crippen LogP contribution in [0.2, 0.25) is 5.02 Å². The molecular weight excluding hydrogens is 286 g/mol. The zero-order valence-corrected chi connectivity index (χ0v) is 11.3. The van der Waals surface area contributed by atoms with Crippen LogP contribution < -0.4 is 5.73 Å². The largest absolute Gasteiger partial charge is 0.480 e. The fourth-order valence-corrected chi connectivity index (χ4v) is 2.47. The Morgan fingerprint density at radius 3 is 2.85 bits per heavy atom. The molecule has 1 aliphatic rings. The number of hydrogen-bond donors (Lipinski definition) is 2. The van der Waals surface area contributed by atoms with Crippen molar-refractivity contribution in [2.75, 3.05) is 13.1 Å². The van der Waals surface area contributed by atoms with Crippen LogP contribution in [-0.4, -0.2) is 39.5 Å². The number of carbonyl (C=O) groups is 1. The molecule has 0 bridgehead atoms. The highest BCUT2D eigenvalue weighted by atomic mass is 35.5. The molecule has 3 N–H and O–H groups in total. The van der Waals surface area contributed by atoms with E-state index in [1.165, 1.54) is 6.07 Å². The van der Waals surface area contributed by atoms with Gasteiger partial charge in [0.25, 0.3) is 5.69 Å². The number of likely N-dealkylation sites (tertiary alicyclic amines) is 1. The maximum absolute atomic E-state index is 11.1. The summed E-state index contributed by atoms with van der Waals surface area (Å²) in [6.45, 7) is 0.935. The lowest BCUT2D eigenvalue weighted by Crippen LogP contribution is -2.50. The van der Waals surface area contributed by atoms with Crippen molar-refractivity contribution in [2.45, 2.75) is 18.5 Å². The Morgan fingerprint density at radius 1 is 1.60 bits per heavy atom. The first-order valence-electron chi connectivity index (χ1n) is 5.99. The predicted molar refractivity (Wildman–Crippen MR) is 72.6 cm³/mol. The Morgan fingerprint density at radius 2 is 2.30 bits per heavy atom. The Balaban J connectivity index is 2.16. The van der Waals surface area contributed by atoms with E-state index in [1.54, 1.807) is 17.0 Å². The van der Waals surface area contributed by atoms with Crippen molar-refractivity contribution in [1.82, 2.24) is 4.90 Å². The van der Waals surface area contributed by atoms with E-state index >= 15 is 0 Å². The second-order valence-electron chi connectivity index (χ2n) is 4.95. The van der Waals surface area contributed by atoms with E-state index in [1.807, 2.05) is 0 Å². The molecule has 0 radical (unpaired) electrons. The molecule has 0 saturated carbocycles. The van der Waals surface area contributed by atoms with Crippen molar-refractivity contribution < 1.29 is 14.8 Å². The first-order chi connectivity index (χ1) is 9.32. The lowest BCUT2D eigenvalue weighted by Gasteiger charge is -2.20. The minimum absolute atomic E-state index is 0.0673. The second kappa shape index (κ2) is 5.35. The van der Waals surface area contributed by atoms with Gasteiger partial charge in [0.05, 0.1) is 4.92 Å². The fraction of sp³-hybridized carbons (Fsp3) is 0.417. The van der Waals surface area contributed by atoms with Crippen LogP contribution in [0.1, 0.15) is 12.0 Å². The van der Waals surface area contributed by atoms with Gasteiger partial charge in [-0.25, -0.2) is 0 Å². The minimum Gasteiger partial charge on any atom is -0.480 e. The van der Waals surface area contributed by atoms with Crippen molar-refractivity contribution in [1.29, 1.82) is 0 Å². The molecule has 0 aromatic heterocycles. The number of carboxylic acids is 1. The van der Waals surface area contributed by atoms with Gasteiger partial charge < -0.3 is 10.8 Å². The van der Waals surface area contributed by atoms with Crippen molar-refractivity contribution in [3.63, 3.8) is 0 Å². The molecule has 2 rings (SSSR count). The third-order valence-corrected chi connectivity index (χ3v) is 3.68. The minimum atomic E-state index is -1.28.